The second-order valence-corrected chi connectivity index (χ2v) is 7.68. The van der Waals surface area contributed by atoms with Crippen molar-refractivity contribution in [1.82, 2.24) is 10.2 Å². The Bertz CT molecular complexity index is 978. The second kappa shape index (κ2) is 8.99. The molecule has 6 nitrogen and oxygen atoms in total. The molecule has 0 spiro atoms. The average molecular weight is 439 g/mol. The molecule has 1 atom stereocenters. The van der Waals surface area contributed by atoms with Gasteiger partial charge in [0.25, 0.3) is 0 Å². The van der Waals surface area contributed by atoms with E-state index in [1.54, 1.807) is 31.2 Å². The summed E-state index contributed by atoms with van der Waals surface area (Å²) < 4.78 is 51.5. The summed E-state index contributed by atoms with van der Waals surface area (Å²) in [6.45, 7) is 1.24. The van der Waals surface area contributed by atoms with Crippen LogP contribution in [-0.2, 0) is 11.7 Å². The van der Waals surface area contributed by atoms with Crippen LogP contribution in [-0.4, -0.2) is 35.1 Å². The Morgan fingerprint density at radius 2 is 1.73 bits per heavy atom. The van der Waals surface area contributed by atoms with Crippen molar-refractivity contribution in [2.24, 2.45) is 5.73 Å². The molecular weight excluding hydrogens is 419 g/mol. The molecule has 30 heavy (non-hydrogen) atoms. The van der Waals surface area contributed by atoms with Crippen molar-refractivity contribution in [3.8, 4) is 22.1 Å². The third kappa shape index (κ3) is 5.26. The third-order valence-electron chi connectivity index (χ3n) is 4.13. The van der Waals surface area contributed by atoms with Gasteiger partial charge in [0.15, 0.2) is 0 Å². The lowest BCUT2D eigenvalue weighted by molar-refractivity contribution is -0.139. The molecule has 3 aromatic rings. The number of halogens is 3. The van der Waals surface area contributed by atoms with Gasteiger partial charge >= 0.3 is 6.18 Å². The van der Waals surface area contributed by atoms with Crippen molar-refractivity contribution in [3.63, 3.8) is 0 Å². The maximum atomic E-state index is 13.6. The topological polar surface area (TPSA) is 90.5 Å². The summed E-state index contributed by atoms with van der Waals surface area (Å²) in [6, 6.07) is 12.6. The highest BCUT2D eigenvalue weighted by molar-refractivity contribution is 7.14. The van der Waals surface area contributed by atoms with Gasteiger partial charge in [-0.3, -0.25) is 0 Å². The lowest BCUT2D eigenvalue weighted by Crippen LogP contribution is -2.36. The monoisotopic (exact) mass is 439 g/mol. The van der Waals surface area contributed by atoms with Crippen LogP contribution in [0.15, 0.2) is 48.5 Å². The molecule has 10 heteroatoms. The van der Waals surface area contributed by atoms with Crippen LogP contribution in [0.1, 0.15) is 17.5 Å². The minimum atomic E-state index is -4.62. The first-order valence-corrected chi connectivity index (χ1v) is 9.78. The fourth-order valence-corrected chi connectivity index (χ4v) is 3.37. The fourth-order valence-electron chi connectivity index (χ4n) is 2.48. The van der Waals surface area contributed by atoms with E-state index in [2.05, 4.69) is 10.2 Å². The van der Waals surface area contributed by atoms with Crippen LogP contribution in [0.25, 0.3) is 10.6 Å². The SMILES string of the molecule is CC(N)(CO)c1nnc(-c2ccc(OCCOc3ccccc3)c(C(F)(F)F)c2)s1. The van der Waals surface area contributed by atoms with Crippen LogP contribution < -0.4 is 15.2 Å². The van der Waals surface area contributed by atoms with Crippen molar-refractivity contribution in [3.05, 3.63) is 59.1 Å². The molecule has 0 saturated heterocycles. The van der Waals surface area contributed by atoms with E-state index in [1.807, 2.05) is 6.07 Å². The maximum Gasteiger partial charge on any atom is 0.419 e. The maximum absolute atomic E-state index is 13.6. The number of hydrogen-bond donors (Lipinski definition) is 2. The van der Waals surface area contributed by atoms with Crippen LogP contribution in [0.2, 0.25) is 0 Å². The minimum absolute atomic E-state index is 0.0533. The molecule has 3 N–H and O–H groups in total. The second-order valence-electron chi connectivity index (χ2n) is 6.71. The van der Waals surface area contributed by atoms with Gasteiger partial charge in [0.05, 0.1) is 17.7 Å². The number of aromatic nitrogens is 2. The molecule has 1 heterocycles. The number of nitrogens with two attached hydrogens (primary N) is 1. The molecular formula is C20H20F3N3O3S. The molecule has 1 unspecified atom stereocenters. The highest BCUT2D eigenvalue weighted by Gasteiger charge is 2.35. The predicted molar refractivity (Wildman–Crippen MR) is 106 cm³/mol. The minimum Gasteiger partial charge on any atom is -0.490 e. The van der Waals surface area contributed by atoms with Gasteiger partial charge in [-0.25, -0.2) is 0 Å². The molecule has 3 rings (SSSR count). The summed E-state index contributed by atoms with van der Waals surface area (Å²) in [7, 11) is 0. The summed E-state index contributed by atoms with van der Waals surface area (Å²) >= 11 is 1.03. The molecule has 0 aliphatic carbocycles. The molecule has 1 aromatic heterocycles. The highest BCUT2D eigenvalue weighted by Crippen LogP contribution is 2.39. The first-order valence-electron chi connectivity index (χ1n) is 8.97. The van der Waals surface area contributed by atoms with Crippen LogP contribution in [0.4, 0.5) is 13.2 Å². The standard InChI is InChI=1S/C20H20F3N3O3S/c1-19(24,12-27)18-26-25-17(30-18)13-7-8-16(15(11-13)20(21,22)23)29-10-9-28-14-5-3-2-4-6-14/h2-8,11,27H,9-10,12,24H2,1H3. The van der Waals surface area contributed by atoms with Gasteiger partial charge in [0.1, 0.15) is 34.7 Å². The summed E-state index contributed by atoms with van der Waals surface area (Å²) in [4.78, 5) is 0. The molecule has 160 valence electrons. The summed E-state index contributed by atoms with van der Waals surface area (Å²) in [5, 5.41) is 17.7. The zero-order valence-corrected chi connectivity index (χ0v) is 16.8. The Kier molecular flexibility index (Phi) is 6.59. The van der Waals surface area contributed by atoms with E-state index >= 15 is 0 Å². The van der Waals surface area contributed by atoms with Crippen molar-refractivity contribution >= 4 is 11.3 Å². The number of ether oxygens (including phenoxy) is 2. The zero-order chi connectivity index (χ0) is 21.8. The molecule has 0 fully saturated rings. The van der Waals surface area contributed by atoms with E-state index in [-0.39, 0.29) is 36.1 Å². The van der Waals surface area contributed by atoms with E-state index in [0.29, 0.717) is 10.8 Å². The van der Waals surface area contributed by atoms with Gasteiger partial charge in [-0.05, 0) is 37.3 Å². The van der Waals surface area contributed by atoms with Gasteiger partial charge in [-0.15, -0.1) is 10.2 Å². The van der Waals surface area contributed by atoms with Gasteiger partial charge < -0.3 is 20.3 Å². The Morgan fingerprint density at radius 1 is 1.03 bits per heavy atom. The lowest BCUT2D eigenvalue weighted by atomic mass is 10.1. The third-order valence-corrected chi connectivity index (χ3v) is 5.38. The molecule has 0 saturated carbocycles. The molecule has 2 aromatic carbocycles. The van der Waals surface area contributed by atoms with Crippen molar-refractivity contribution in [1.29, 1.82) is 0 Å². The van der Waals surface area contributed by atoms with Crippen LogP contribution in [0.3, 0.4) is 0 Å². The number of para-hydroxylation sites is 1. The highest BCUT2D eigenvalue weighted by atomic mass is 32.1. The van der Waals surface area contributed by atoms with Crippen LogP contribution in [0.5, 0.6) is 11.5 Å². The number of rotatable bonds is 8. The van der Waals surface area contributed by atoms with Crippen molar-refractivity contribution < 1.29 is 27.8 Å². The number of alkyl halides is 3. The first kappa shape index (κ1) is 22.0. The van der Waals surface area contributed by atoms with Crippen molar-refractivity contribution in [2.75, 3.05) is 19.8 Å². The number of hydrogen-bond acceptors (Lipinski definition) is 7. The first-order chi connectivity index (χ1) is 14.2. The van der Waals surface area contributed by atoms with Crippen molar-refractivity contribution in [2.45, 2.75) is 18.6 Å². The number of benzene rings is 2. The Balaban J connectivity index is 1.76. The lowest BCUT2D eigenvalue weighted by Gasteiger charge is -2.17. The summed E-state index contributed by atoms with van der Waals surface area (Å²) in [5.41, 5.74) is 4.09. The largest absolute Gasteiger partial charge is 0.490 e. The van der Waals surface area contributed by atoms with Gasteiger partial charge in [0, 0.05) is 5.56 Å². The number of nitrogens with zero attached hydrogens (tertiary/aromatic N) is 2. The smallest absolute Gasteiger partial charge is 0.419 e. The molecule has 0 bridgehead atoms. The quantitative estimate of drug-likeness (QED) is 0.518. The number of aliphatic hydroxyl groups excluding tert-OH is 1. The van der Waals surface area contributed by atoms with Crippen LogP contribution in [0, 0.1) is 0 Å². The molecule has 0 radical (unpaired) electrons. The Morgan fingerprint density at radius 3 is 2.40 bits per heavy atom. The molecule has 0 aliphatic heterocycles. The summed E-state index contributed by atoms with van der Waals surface area (Å²) in [6.07, 6.45) is -4.62. The molecule has 0 amide bonds. The van der Waals surface area contributed by atoms with E-state index in [0.717, 1.165) is 17.4 Å². The summed E-state index contributed by atoms with van der Waals surface area (Å²) in [5.74, 6) is 0.307. The predicted octanol–water partition coefficient (Wildman–Crippen LogP) is 3.85. The van der Waals surface area contributed by atoms with E-state index in [1.165, 1.54) is 12.1 Å². The van der Waals surface area contributed by atoms with E-state index in [4.69, 9.17) is 15.2 Å². The van der Waals surface area contributed by atoms with Gasteiger partial charge in [-0.1, -0.05) is 29.5 Å². The van der Waals surface area contributed by atoms with Gasteiger partial charge in [-0.2, -0.15) is 13.2 Å². The average Bonchev–Trinajstić information content (AvgIpc) is 3.22. The van der Waals surface area contributed by atoms with Gasteiger partial charge in [0.2, 0.25) is 0 Å². The van der Waals surface area contributed by atoms with E-state index < -0.39 is 17.3 Å². The Hall–Kier alpha value is -2.69. The normalized spacial score (nSPS) is 13.7. The Labute approximate surface area is 175 Å². The number of aliphatic hydroxyl groups is 1. The van der Waals surface area contributed by atoms with E-state index in [9.17, 15) is 18.3 Å². The molecule has 0 aliphatic rings. The van der Waals surface area contributed by atoms with Crippen LogP contribution >= 0.6 is 11.3 Å². The zero-order valence-electron chi connectivity index (χ0n) is 16.0. The fraction of sp³-hybridized carbons (Fsp3) is 0.300.